The van der Waals surface area contributed by atoms with E-state index in [0.29, 0.717) is 11.5 Å². The van der Waals surface area contributed by atoms with Gasteiger partial charge >= 0.3 is 6.16 Å². The van der Waals surface area contributed by atoms with E-state index in [1.807, 2.05) is 18.2 Å². The lowest BCUT2D eigenvalue weighted by Crippen LogP contribution is -2.10. The van der Waals surface area contributed by atoms with E-state index in [0.717, 1.165) is 29.2 Å². The van der Waals surface area contributed by atoms with E-state index in [2.05, 4.69) is 5.32 Å². The summed E-state index contributed by atoms with van der Waals surface area (Å²) in [6, 6.07) is 5.39. The summed E-state index contributed by atoms with van der Waals surface area (Å²) in [5.74, 6) is 0.796. The van der Waals surface area contributed by atoms with Crippen molar-refractivity contribution in [1.82, 2.24) is 4.98 Å². The Hall–Kier alpha value is -2.54. The van der Waals surface area contributed by atoms with Crippen LogP contribution in [0, 0.1) is 0 Å². The second-order valence-electron chi connectivity index (χ2n) is 5.74. The highest BCUT2D eigenvalue weighted by molar-refractivity contribution is 7.16. The first-order chi connectivity index (χ1) is 12.7. The molecule has 2 aromatic rings. The number of thiazole rings is 1. The number of aromatic nitrogens is 1. The number of carbonyl (C=O) groups excluding carboxylic acids is 1. The van der Waals surface area contributed by atoms with E-state index in [4.69, 9.17) is 19.2 Å². The normalized spacial score (nSPS) is 13.6. The molecule has 138 valence electrons. The molecule has 0 bridgehead atoms. The van der Waals surface area contributed by atoms with Gasteiger partial charge in [-0.1, -0.05) is 23.5 Å². The highest BCUT2D eigenvalue weighted by atomic mass is 32.1. The van der Waals surface area contributed by atoms with Crippen LogP contribution in [0.15, 0.2) is 18.2 Å². The molecule has 0 amide bonds. The van der Waals surface area contributed by atoms with Crippen molar-refractivity contribution in [3.8, 4) is 11.5 Å². The second kappa shape index (κ2) is 8.71. The van der Waals surface area contributed by atoms with Crippen LogP contribution in [0.2, 0.25) is 0 Å². The summed E-state index contributed by atoms with van der Waals surface area (Å²) in [6.45, 7) is 2.98. The van der Waals surface area contributed by atoms with Gasteiger partial charge in [0.2, 0.25) is 0 Å². The van der Waals surface area contributed by atoms with E-state index < -0.39 is 6.16 Å². The Kier molecular flexibility index (Phi) is 6.12. The summed E-state index contributed by atoms with van der Waals surface area (Å²) in [6.07, 6.45) is 6.53. The molecule has 0 spiro atoms. The number of hydrogen-bond donors (Lipinski definition) is 1. The number of nitrogens with one attached hydrogen (secondary N) is 1. The zero-order valence-electron chi connectivity index (χ0n) is 14.9. The summed E-state index contributed by atoms with van der Waals surface area (Å²) >= 11 is 1.66. The van der Waals surface area contributed by atoms with Crippen LogP contribution in [-0.4, -0.2) is 31.4 Å². The third-order valence-electron chi connectivity index (χ3n) is 3.90. The van der Waals surface area contributed by atoms with Crippen LogP contribution in [-0.2, 0) is 11.2 Å². The van der Waals surface area contributed by atoms with E-state index in [9.17, 15) is 4.79 Å². The SMILES string of the molecule is CCOC(=O)Oc1cc(/C=C/c2nc3c(s2)NCCCC3)ccc1OC. The first-order valence-electron chi connectivity index (χ1n) is 8.64. The molecule has 0 saturated heterocycles. The highest BCUT2D eigenvalue weighted by Gasteiger charge is 2.13. The third-order valence-corrected chi connectivity index (χ3v) is 4.92. The fourth-order valence-corrected chi connectivity index (χ4v) is 3.59. The first-order valence-corrected chi connectivity index (χ1v) is 9.45. The first kappa shape index (κ1) is 18.3. The van der Waals surface area contributed by atoms with Crippen molar-refractivity contribution in [2.75, 3.05) is 25.6 Å². The van der Waals surface area contributed by atoms with Crippen LogP contribution < -0.4 is 14.8 Å². The van der Waals surface area contributed by atoms with Crippen molar-refractivity contribution < 1.29 is 19.0 Å². The minimum absolute atomic E-state index is 0.253. The number of benzene rings is 1. The smallest absolute Gasteiger partial charge is 0.493 e. The zero-order valence-corrected chi connectivity index (χ0v) is 15.7. The zero-order chi connectivity index (χ0) is 18.4. The predicted molar refractivity (Wildman–Crippen MR) is 103 cm³/mol. The largest absolute Gasteiger partial charge is 0.513 e. The predicted octanol–water partition coefficient (Wildman–Crippen LogP) is 4.61. The lowest BCUT2D eigenvalue weighted by atomic mass is 10.2. The average Bonchev–Trinajstić information content (AvgIpc) is 2.89. The number of anilines is 1. The molecule has 1 aliphatic heterocycles. The molecule has 1 aromatic heterocycles. The Morgan fingerprint density at radius 3 is 3.00 bits per heavy atom. The van der Waals surface area contributed by atoms with Crippen LogP contribution >= 0.6 is 11.3 Å². The standard InChI is InChI=1S/C19H22N2O4S/c1-3-24-19(22)25-16-12-13(7-9-15(16)23-2)8-10-17-21-14-6-4-5-11-20-18(14)26-17/h7-10,12,20H,3-6,11H2,1-2H3/b10-8+. The molecule has 6 nitrogen and oxygen atoms in total. The molecule has 0 saturated carbocycles. The van der Waals surface area contributed by atoms with Gasteiger partial charge in [0.1, 0.15) is 10.0 Å². The lowest BCUT2D eigenvalue weighted by Gasteiger charge is -2.09. The van der Waals surface area contributed by atoms with Crippen molar-refractivity contribution in [2.24, 2.45) is 0 Å². The molecule has 1 aliphatic rings. The Labute approximate surface area is 156 Å². The molecule has 7 heteroatoms. The Bertz CT molecular complexity index is 777. The van der Waals surface area contributed by atoms with Gasteiger partial charge in [-0.25, -0.2) is 9.78 Å². The van der Waals surface area contributed by atoms with Crippen molar-refractivity contribution in [3.05, 3.63) is 34.5 Å². The molecule has 0 radical (unpaired) electrons. The minimum atomic E-state index is -0.748. The van der Waals surface area contributed by atoms with Crippen molar-refractivity contribution >= 4 is 34.6 Å². The highest BCUT2D eigenvalue weighted by Crippen LogP contribution is 2.31. The second-order valence-corrected chi connectivity index (χ2v) is 6.77. The van der Waals surface area contributed by atoms with Crippen molar-refractivity contribution in [3.63, 3.8) is 0 Å². The van der Waals surface area contributed by atoms with Gasteiger partial charge in [-0.15, -0.1) is 0 Å². The average molecular weight is 374 g/mol. The lowest BCUT2D eigenvalue weighted by molar-refractivity contribution is 0.103. The van der Waals surface area contributed by atoms with Crippen LogP contribution in [0.5, 0.6) is 11.5 Å². The Morgan fingerprint density at radius 2 is 2.19 bits per heavy atom. The van der Waals surface area contributed by atoms with Gasteiger partial charge in [0.15, 0.2) is 11.5 Å². The molecular formula is C19H22N2O4S. The third kappa shape index (κ3) is 4.54. The number of hydrogen-bond acceptors (Lipinski definition) is 7. The van der Waals surface area contributed by atoms with Gasteiger partial charge in [0.25, 0.3) is 0 Å². The molecule has 0 fully saturated rings. The van der Waals surface area contributed by atoms with Crippen molar-refractivity contribution in [1.29, 1.82) is 0 Å². The van der Waals surface area contributed by atoms with Gasteiger partial charge in [0, 0.05) is 6.54 Å². The summed E-state index contributed by atoms with van der Waals surface area (Å²) in [4.78, 5) is 16.3. The van der Waals surface area contributed by atoms with E-state index in [-0.39, 0.29) is 6.61 Å². The number of rotatable bonds is 5. The number of fused-ring (bicyclic) bond motifs is 1. The quantitative estimate of drug-likeness (QED) is 0.609. The number of ether oxygens (including phenoxy) is 3. The maximum atomic E-state index is 11.6. The van der Waals surface area contributed by atoms with Crippen LogP contribution in [0.3, 0.4) is 0 Å². The Balaban J connectivity index is 1.76. The van der Waals surface area contributed by atoms with Crippen molar-refractivity contribution in [2.45, 2.75) is 26.2 Å². The molecule has 1 aromatic carbocycles. The molecule has 0 unspecified atom stereocenters. The molecule has 2 heterocycles. The fraction of sp³-hybridized carbons (Fsp3) is 0.368. The molecule has 3 rings (SSSR count). The van der Waals surface area contributed by atoms with Gasteiger partial charge in [-0.2, -0.15) is 0 Å². The molecule has 0 aliphatic carbocycles. The molecule has 26 heavy (non-hydrogen) atoms. The topological polar surface area (TPSA) is 69.7 Å². The molecule has 1 N–H and O–H groups in total. The van der Waals surface area contributed by atoms with Crippen LogP contribution in [0.25, 0.3) is 12.2 Å². The number of nitrogens with zero attached hydrogens (tertiary/aromatic N) is 1. The summed E-state index contributed by atoms with van der Waals surface area (Å²) in [5, 5.41) is 5.56. The molecule has 0 atom stereocenters. The maximum Gasteiger partial charge on any atom is 0.513 e. The Morgan fingerprint density at radius 1 is 1.31 bits per heavy atom. The van der Waals surface area contributed by atoms with Crippen LogP contribution in [0.1, 0.15) is 36.0 Å². The van der Waals surface area contributed by atoms with E-state index in [1.54, 1.807) is 30.4 Å². The summed E-state index contributed by atoms with van der Waals surface area (Å²) in [5.41, 5.74) is 2.02. The van der Waals surface area contributed by atoms with Gasteiger partial charge in [-0.3, -0.25) is 0 Å². The monoisotopic (exact) mass is 374 g/mol. The van der Waals surface area contributed by atoms with Gasteiger partial charge < -0.3 is 19.5 Å². The van der Waals surface area contributed by atoms with E-state index >= 15 is 0 Å². The van der Waals surface area contributed by atoms with E-state index in [1.165, 1.54) is 25.0 Å². The van der Waals surface area contributed by atoms with Gasteiger partial charge in [0.05, 0.1) is 19.4 Å². The summed E-state index contributed by atoms with van der Waals surface area (Å²) < 4.78 is 15.3. The number of aryl methyl sites for hydroxylation is 1. The number of carbonyl (C=O) groups is 1. The minimum Gasteiger partial charge on any atom is -0.493 e. The fourth-order valence-electron chi connectivity index (χ4n) is 2.65. The molecular weight excluding hydrogens is 352 g/mol. The maximum absolute atomic E-state index is 11.6. The number of methoxy groups -OCH3 is 1. The summed E-state index contributed by atoms with van der Waals surface area (Å²) in [7, 11) is 1.53. The van der Waals surface area contributed by atoms with Gasteiger partial charge in [-0.05, 0) is 50.0 Å². The van der Waals surface area contributed by atoms with Crippen LogP contribution in [0.4, 0.5) is 9.80 Å².